The monoisotopic (exact) mass is 287 g/mol. The summed E-state index contributed by atoms with van der Waals surface area (Å²) in [5.74, 6) is 0.290. The fourth-order valence-corrected chi connectivity index (χ4v) is 3.02. The van der Waals surface area contributed by atoms with Gasteiger partial charge in [0.1, 0.15) is 0 Å². The van der Waals surface area contributed by atoms with Crippen molar-refractivity contribution in [3.05, 3.63) is 46.7 Å². The van der Waals surface area contributed by atoms with Crippen molar-refractivity contribution in [1.29, 1.82) is 0 Å². The van der Waals surface area contributed by atoms with Gasteiger partial charge in [-0.15, -0.1) is 0 Å². The van der Waals surface area contributed by atoms with Crippen molar-refractivity contribution in [3.8, 4) is 11.1 Å². The predicted molar refractivity (Wildman–Crippen MR) is 85.7 cm³/mol. The number of carbonyl (C=O) groups excluding carboxylic acids is 1. The minimum atomic E-state index is 0.128. The van der Waals surface area contributed by atoms with Crippen molar-refractivity contribution in [2.75, 3.05) is 0 Å². The maximum absolute atomic E-state index is 12.1. The Morgan fingerprint density at radius 1 is 1.20 bits per heavy atom. The molecule has 1 aromatic carbocycles. The van der Waals surface area contributed by atoms with E-state index in [0.717, 1.165) is 12.8 Å². The lowest BCUT2D eigenvalue weighted by molar-refractivity contribution is -0.125. The molecule has 2 aromatic rings. The Labute approximate surface area is 124 Å². The zero-order valence-corrected chi connectivity index (χ0v) is 12.9. The topological polar surface area (TPSA) is 29.1 Å². The maximum atomic E-state index is 12.1. The van der Waals surface area contributed by atoms with Crippen molar-refractivity contribution >= 4 is 17.2 Å². The molecule has 20 heavy (non-hydrogen) atoms. The number of amides is 1. The Morgan fingerprint density at radius 3 is 2.60 bits per heavy atom. The van der Waals surface area contributed by atoms with Crippen molar-refractivity contribution in [2.45, 2.75) is 33.2 Å². The number of hydrogen-bond acceptors (Lipinski definition) is 2. The number of rotatable bonds is 6. The van der Waals surface area contributed by atoms with Crippen LogP contribution in [0.3, 0.4) is 0 Å². The molecule has 0 aliphatic rings. The molecule has 0 bridgehead atoms. The molecule has 106 valence electrons. The van der Waals surface area contributed by atoms with Gasteiger partial charge in [0.2, 0.25) is 5.91 Å². The van der Waals surface area contributed by atoms with E-state index in [-0.39, 0.29) is 11.8 Å². The molecule has 1 heterocycles. The Kier molecular flexibility index (Phi) is 5.36. The van der Waals surface area contributed by atoms with Crippen LogP contribution in [0.2, 0.25) is 0 Å². The van der Waals surface area contributed by atoms with Crippen molar-refractivity contribution < 1.29 is 4.79 Å². The van der Waals surface area contributed by atoms with E-state index >= 15 is 0 Å². The lowest BCUT2D eigenvalue weighted by atomic mass is 10.0. The van der Waals surface area contributed by atoms with E-state index in [1.807, 2.05) is 12.1 Å². The fourth-order valence-electron chi connectivity index (χ4n) is 2.36. The van der Waals surface area contributed by atoms with Crippen molar-refractivity contribution in [3.63, 3.8) is 0 Å². The normalized spacial score (nSPS) is 10.8. The zero-order chi connectivity index (χ0) is 14.4. The lowest BCUT2D eigenvalue weighted by Crippen LogP contribution is -2.29. The summed E-state index contributed by atoms with van der Waals surface area (Å²) in [5, 5.41) is 7.29. The van der Waals surface area contributed by atoms with E-state index in [9.17, 15) is 4.79 Å². The summed E-state index contributed by atoms with van der Waals surface area (Å²) >= 11 is 1.69. The number of carbonyl (C=O) groups is 1. The molecule has 1 amide bonds. The standard InChI is InChI=1S/C17H21NOS/c1-3-13(4-2)17(19)18-11-14-7-5-6-8-16(14)15-9-10-20-12-15/h5-10,12-13H,3-4,11H2,1-2H3,(H,18,19). The molecular weight excluding hydrogens is 266 g/mol. The first kappa shape index (κ1) is 14.8. The van der Waals surface area contributed by atoms with Crippen LogP contribution in [0.4, 0.5) is 0 Å². The minimum absolute atomic E-state index is 0.128. The predicted octanol–water partition coefficient (Wildman–Crippen LogP) is 4.47. The van der Waals surface area contributed by atoms with E-state index in [1.165, 1.54) is 16.7 Å². The van der Waals surface area contributed by atoms with Crippen LogP contribution in [0.25, 0.3) is 11.1 Å². The van der Waals surface area contributed by atoms with Crippen LogP contribution < -0.4 is 5.32 Å². The smallest absolute Gasteiger partial charge is 0.223 e. The summed E-state index contributed by atoms with van der Waals surface area (Å²) in [6.07, 6.45) is 1.79. The first-order valence-corrected chi connectivity index (χ1v) is 8.08. The summed E-state index contributed by atoms with van der Waals surface area (Å²) < 4.78 is 0. The molecule has 0 spiro atoms. The molecule has 0 atom stereocenters. The molecule has 1 aromatic heterocycles. The van der Waals surface area contributed by atoms with Crippen LogP contribution in [0.1, 0.15) is 32.3 Å². The van der Waals surface area contributed by atoms with Crippen LogP contribution >= 0.6 is 11.3 Å². The van der Waals surface area contributed by atoms with Gasteiger partial charge < -0.3 is 5.32 Å². The molecular formula is C17H21NOS. The van der Waals surface area contributed by atoms with E-state index in [4.69, 9.17) is 0 Å². The highest BCUT2D eigenvalue weighted by molar-refractivity contribution is 7.08. The number of benzene rings is 1. The van der Waals surface area contributed by atoms with E-state index in [0.29, 0.717) is 6.54 Å². The summed E-state index contributed by atoms with van der Waals surface area (Å²) in [5.41, 5.74) is 3.60. The SMILES string of the molecule is CCC(CC)C(=O)NCc1ccccc1-c1ccsc1. The quantitative estimate of drug-likeness (QED) is 0.834. The van der Waals surface area contributed by atoms with Gasteiger partial charge >= 0.3 is 0 Å². The average Bonchev–Trinajstić information content (AvgIpc) is 3.01. The van der Waals surface area contributed by atoms with Gasteiger partial charge in [0.15, 0.2) is 0 Å². The molecule has 0 saturated carbocycles. The van der Waals surface area contributed by atoms with Crippen LogP contribution in [-0.4, -0.2) is 5.91 Å². The molecule has 0 aliphatic heterocycles. The Balaban J connectivity index is 2.09. The molecule has 0 unspecified atom stereocenters. The average molecular weight is 287 g/mol. The highest BCUT2D eigenvalue weighted by Crippen LogP contribution is 2.25. The second-order valence-electron chi connectivity index (χ2n) is 4.90. The third kappa shape index (κ3) is 3.48. The van der Waals surface area contributed by atoms with Gasteiger partial charge in [-0.2, -0.15) is 11.3 Å². The molecule has 0 aliphatic carbocycles. The summed E-state index contributed by atoms with van der Waals surface area (Å²) in [7, 11) is 0. The van der Waals surface area contributed by atoms with Crippen LogP contribution in [0.5, 0.6) is 0 Å². The van der Waals surface area contributed by atoms with E-state index < -0.39 is 0 Å². The van der Waals surface area contributed by atoms with Gasteiger partial charge in [-0.1, -0.05) is 38.1 Å². The fraction of sp³-hybridized carbons (Fsp3) is 0.353. The molecule has 0 radical (unpaired) electrons. The van der Waals surface area contributed by atoms with Gasteiger partial charge in [0.25, 0.3) is 0 Å². The second-order valence-corrected chi connectivity index (χ2v) is 5.68. The number of nitrogens with one attached hydrogen (secondary N) is 1. The Morgan fingerprint density at radius 2 is 1.95 bits per heavy atom. The van der Waals surface area contributed by atoms with Gasteiger partial charge in [-0.3, -0.25) is 4.79 Å². The third-order valence-electron chi connectivity index (χ3n) is 3.66. The largest absolute Gasteiger partial charge is 0.352 e. The minimum Gasteiger partial charge on any atom is -0.352 e. The van der Waals surface area contributed by atoms with Crippen LogP contribution in [0, 0.1) is 5.92 Å². The van der Waals surface area contributed by atoms with Crippen molar-refractivity contribution in [2.24, 2.45) is 5.92 Å². The summed E-state index contributed by atoms with van der Waals surface area (Å²) in [6, 6.07) is 10.4. The lowest BCUT2D eigenvalue weighted by Gasteiger charge is -2.14. The molecule has 3 heteroatoms. The van der Waals surface area contributed by atoms with Gasteiger partial charge in [0, 0.05) is 12.5 Å². The highest BCUT2D eigenvalue weighted by Gasteiger charge is 2.14. The van der Waals surface area contributed by atoms with Gasteiger partial charge in [0.05, 0.1) is 0 Å². The molecule has 1 N–H and O–H groups in total. The van der Waals surface area contributed by atoms with E-state index in [2.05, 4.69) is 48.1 Å². The first-order valence-electron chi connectivity index (χ1n) is 7.14. The van der Waals surface area contributed by atoms with Gasteiger partial charge in [-0.05, 0) is 46.4 Å². The number of hydrogen-bond donors (Lipinski definition) is 1. The van der Waals surface area contributed by atoms with Crippen LogP contribution in [-0.2, 0) is 11.3 Å². The highest BCUT2D eigenvalue weighted by atomic mass is 32.1. The Bertz CT molecular complexity index is 544. The molecule has 2 rings (SSSR count). The molecule has 0 fully saturated rings. The van der Waals surface area contributed by atoms with Crippen LogP contribution in [0.15, 0.2) is 41.1 Å². The third-order valence-corrected chi connectivity index (χ3v) is 4.34. The summed E-state index contributed by atoms with van der Waals surface area (Å²) in [6.45, 7) is 4.72. The van der Waals surface area contributed by atoms with E-state index in [1.54, 1.807) is 11.3 Å². The van der Waals surface area contributed by atoms with Crippen molar-refractivity contribution in [1.82, 2.24) is 5.32 Å². The molecule has 2 nitrogen and oxygen atoms in total. The summed E-state index contributed by atoms with van der Waals surface area (Å²) in [4.78, 5) is 12.1. The number of thiophene rings is 1. The Hall–Kier alpha value is -1.61. The van der Waals surface area contributed by atoms with Gasteiger partial charge in [-0.25, -0.2) is 0 Å². The second kappa shape index (κ2) is 7.25. The maximum Gasteiger partial charge on any atom is 0.223 e. The zero-order valence-electron chi connectivity index (χ0n) is 12.1. The first-order chi connectivity index (χ1) is 9.76. The molecule has 0 saturated heterocycles.